The highest BCUT2D eigenvalue weighted by Gasteiger charge is 2.23. The molecular formula is C48H30N2OS. The van der Waals surface area contributed by atoms with Crippen molar-refractivity contribution in [3.63, 3.8) is 0 Å². The monoisotopic (exact) mass is 682 g/mol. The van der Waals surface area contributed by atoms with Gasteiger partial charge in [-0.05, 0) is 84.3 Å². The second-order valence-corrected chi connectivity index (χ2v) is 15.1. The molecule has 7 aromatic carbocycles. The Kier molecular flexibility index (Phi) is 5.77. The summed E-state index contributed by atoms with van der Waals surface area (Å²) < 4.78 is 14.0. The highest BCUT2D eigenvalue weighted by Crippen LogP contribution is 2.46. The lowest BCUT2D eigenvalue weighted by Crippen LogP contribution is -2.06. The predicted octanol–water partition coefficient (Wildman–Crippen LogP) is 13.9. The molecule has 0 bridgehead atoms. The van der Waals surface area contributed by atoms with Gasteiger partial charge in [0.1, 0.15) is 11.2 Å². The molecule has 244 valence electrons. The number of thiophene rings is 1. The molecule has 0 aliphatic heterocycles. The second-order valence-electron chi connectivity index (χ2n) is 14.0. The highest BCUT2D eigenvalue weighted by molar-refractivity contribution is 7.26. The summed E-state index contributed by atoms with van der Waals surface area (Å²) in [7, 11) is 0. The lowest BCUT2D eigenvalue weighted by Gasteiger charge is -2.18. The van der Waals surface area contributed by atoms with Crippen LogP contribution in [-0.2, 0) is 0 Å². The zero-order valence-electron chi connectivity index (χ0n) is 28.1. The largest absolute Gasteiger partial charge is 0.456 e. The summed E-state index contributed by atoms with van der Waals surface area (Å²) in [6.45, 7) is 0. The van der Waals surface area contributed by atoms with Crippen molar-refractivity contribution in [2.75, 3.05) is 0 Å². The number of hydrogen-bond acceptors (Lipinski definition) is 2. The number of allylic oxidation sites excluding steroid dienone is 4. The minimum absolute atomic E-state index is 0.270. The summed E-state index contributed by atoms with van der Waals surface area (Å²) >= 11 is 1.89. The molecule has 1 unspecified atom stereocenters. The standard InChI is InChI=1S/C48H30N2OS/c1-3-11-31(12-4-1)49-37-22-20-29(27-36(37)46-39(49)24-26-44-48(46)35-16-8-10-18-43(35)52-44)30-19-21-33-40(28-30)50(32-13-5-2-6-14-32)38-23-25-42-47(45(33)38)34-15-7-9-17-41(34)51-42/h1-11,13-28,31H,12H2. The van der Waals surface area contributed by atoms with Crippen LogP contribution in [0.25, 0.3) is 103 Å². The average Bonchev–Trinajstić information content (AvgIpc) is 3.95. The zero-order valence-corrected chi connectivity index (χ0v) is 28.9. The molecule has 1 atom stereocenters. The van der Waals surface area contributed by atoms with Crippen LogP contribution in [0.4, 0.5) is 0 Å². The smallest absolute Gasteiger partial charge is 0.136 e. The Morgan fingerprint density at radius 2 is 1.27 bits per heavy atom. The fourth-order valence-electron chi connectivity index (χ4n) is 9.01. The van der Waals surface area contributed by atoms with Crippen LogP contribution in [0.3, 0.4) is 0 Å². The van der Waals surface area contributed by atoms with E-state index in [2.05, 4.69) is 167 Å². The van der Waals surface area contributed by atoms with E-state index in [1.807, 2.05) is 17.4 Å². The summed E-state index contributed by atoms with van der Waals surface area (Å²) in [5.41, 5.74) is 10.3. The molecule has 4 heterocycles. The van der Waals surface area contributed by atoms with Crippen molar-refractivity contribution in [3.05, 3.63) is 164 Å². The average molecular weight is 683 g/mol. The fourth-order valence-corrected chi connectivity index (χ4v) is 10.1. The van der Waals surface area contributed by atoms with Crippen LogP contribution < -0.4 is 0 Å². The van der Waals surface area contributed by atoms with Gasteiger partial charge >= 0.3 is 0 Å². The van der Waals surface area contributed by atoms with Crippen molar-refractivity contribution < 1.29 is 4.42 Å². The van der Waals surface area contributed by atoms with E-state index >= 15 is 0 Å². The van der Waals surface area contributed by atoms with Crippen LogP contribution in [-0.4, -0.2) is 9.13 Å². The van der Waals surface area contributed by atoms with Crippen LogP contribution in [0, 0.1) is 0 Å². The quantitative estimate of drug-likeness (QED) is 0.182. The number of rotatable bonds is 3. The molecule has 4 heteroatoms. The summed E-state index contributed by atoms with van der Waals surface area (Å²) in [5.74, 6) is 0. The number of nitrogens with zero attached hydrogens (tertiary/aromatic N) is 2. The van der Waals surface area contributed by atoms with Gasteiger partial charge in [0.2, 0.25) is 0 Å². The van der Waals surface area contributed by atoms with Gasteiger partial charge in [-0.2, -0.15) is 0 Å². The van der Waals surface area contributed by atoms with Crippen LogP contribution in [0.2, 0.25) is 0 Å². The topological polar surface area (TPSA) is 23.0 Å². The van der Waals surface area contributed by atoms with Gasteiger partial charge in [0.05, 0.1) is 22.6 Å². The van der Waals surface area contributed by atoms with Crippen molar-refractivity contribution in [1.29, 1.82) is 0 Å². The van der Waals surface area contributed by atoms with Crippen molar-refractivity contribution in [3.8, 4) is 16.8 Å². The zero-order chi connectivity index (χ0) is 33.9. The van der Waals surface area contributed by atoms with Gasteiger partial charge in [-0.15, -0.1) is 11.3 Å². The third kappa shape index (κ3) is 3.85. The molecule has 1 aliphatic rings. The molecule has 52 heavy (non-hydrogen) atoms. The van der Waals surface area contributed by atoms with Gasteiger partial charge in [0.15, 0.2) is 0 Å². The number of para-hydroxylation sites is 2. The Balaban J connectivity index is 1.16. The molecule has 4 aromatic heterocycles. The van der Waals surface area contributed by atoms with E-state index in [9.17, 15) is 0 Å². The van der Waals surface area contributed by atoms with E-state index in [0.29, 0.717) is 0 Å². The van der Waals surface area contributed by atoms with Gasteiger partial charge in [-0.1, -0.05) is 97.1 Å². The first kappa shape index (κ1) is 28.3. The first-order valence-electron chi connectivity index (χ1n) is 18.0. The SMILES string of the molecule is C1=CCC(n2c3ccc(-c4ccc5c6c7c(ccc6n(-c6ccccc6)c5c4)oc4ccccc47)cc3c3c4c(ccc32)sc2ccccc24)C=C1. The van der Waals surface area contributed by atoms with Gasteiger partial charge in [-0.3, -0.25) is 0 Å². The summed E-state index contributed by atoms with van der Waals surface area (Å²) in [5, 5.41) is 10.1. The third-order valence-corrected chi connectivity index (χ3v) is 12.4. The maximum absolute atomic E-state index is 6.37. The molecule has 11 aromatic rings. The lowest BCUT2D eigenvalue weighted by molar-refractivity contribution is 0.648. The molecular weight excluding hydrogens is 653 g/mol. The molecule has 0 radical (unpaired) electrons. The number of furan rings is 1. The van der Waals surface area contributed by atoms with E-state index in [0.717, 1.165) is 28.7 Å². The number of aromatic nitrogens is 2. The van der Waals surface area contributed by atoms with Crippen molar-refractivity contribution >= 4 is 97.1 Å². The Labute approximate surface area is 302 Å². The van der Waals surface area contributed by atoms with Gasteiger partial charge in [-0.25, -0.2) is 0 Å². The number of benzene rings is 7. The first-order valence-corrected chi connectivity index (χ1v) is 18.8. The lowest BCUT2D eigenvalue weighted by atomic mass is 9.99. The van der Waals surface area contributed by atoms with E-state index in [1.54, 1.807) is 0 Å². The molecule has 0 amide bonds. The summed E-state index contributed by atoms with van der Waals surface area (Å²) in [6, 6.07) is 51.5. The number of hydrogen-bond donors (Lipinski definition) is 0. The first-order chi connectivity index (χ1) is 25.8. The molecule has 1 aliphatic carbocycles. The number of fused-ring (bicyclic) bond motifs is 14. The van der Waals surface area contributed by atoms with Crippen LogP contribution in [0.1, 0.15) is 12.5 Å². The highest BCUT2D eigenvalue weighted by atomic mass is 32.1. The van der Waals surface area contributed by atoms with Gasteiger partial charge < -0.3 is 13.6 Å². The Morgan fingerprint density at radius 1 is 0.500 bits per heavy atom. The van der Waals surface area contributed by atoms with Crippen LogP contribution >= 0.6 is 11.3 Å². The molecule has 3 nitrogen and oxygen atoms in total. The molecule has 0 fully saturated rings. The Bertz CT molecular complexity index is 3330. The van der Waals surface area contributed by atoms with Gasteiger partial charge in [0.25, 0.3) is 0 Å². The van der Waals surface area contributed by atoms with E-state index in [4.69, 9.17) is 4.42 Å². The Morgan fingerprint density at radius 3 is 2.17 bits per heavy atom. The second kappa shape index (κ2) is 10.6. The van der Waals surface area contributed by atoms with Crippen LogP contribution in [0.5, 0.6) is 0 Å². The molecule has 0 saturated carbocycles. The minimum Gasteiger partial charge on any atom is -0.456 e. The molecule has 0 spiro atoms. The van der Waals surface area contributed by atoms with E-state index < -0.39 is 0 Å². The van der Waals surface area contributed by atoms with Crippen LogP contribution in [0.15, 0.2) is 168 Å². The third-order valence-electron chi connectivity index (χ3n) is 11.2. The van der Waals surface area contributed by atoms with E-state index in [-0.39, 0.29) is 6.04 Å². The predicted molar refractivity (Wildman–Crippen MR) is 221 cm³/mol. The molecule has 0 saturated heterocycles. The van der Waals surface area contributed by atoms with E-state index in [1.165, 1.54) is 80.3 Å². The van der Waals surface area contributed by atoms with Crippen molar-refractivity contribution in [1.82, 2.24) is 9.13 Å². The summed E-state index contributed by atoms with van der Waals surface area (Å²) in [6.07, 6.45) is 9.98. The Hall–Kier alpha value is -6.36. The maximum Gasteiger partial charge on any atom is 0.136 e. The molecule has 12 rings (SSSR count). The normalized spacial score (nSPS) is 14.9. The minimum atomic E-state index is 0.270. The van der Waals surface area contributed by atoms with Crippen molar-refractivity contribution in [2.45, 2.75) is 12.5 Å². The maximum atomic E-state index is 6.37. The fraction of sp³-hybridized carbons (Fsp3) is 0.0417. The summed E-state index contributed by atoms with van der Waals surface area (Å²) in [4.78, 5) is 0. The molecule has 0 N–H and O–H groups in total. The van der Waals surface area contributed by atoms with Gasteiger partial charge in [0, 0.05) is 63.7 Å². The van der Waals surface area contributed by atoms with Crippen molar-refractivity contribution in [2.24, 2.45) is 0 Å².